The Kier molecular flexibility index (Phi) is 3.75. The fraction of sp³-hybridized carbons (Fsp3) is 0.417. The SMILES string of the molecule is O=C(c1ccc(C(F)(F)F)cc1F)N1CCNCC1. The van der Waals surface area contributed by atoms with Crippen LogP contribution in [0.1, 0.15) is 15.9 Å². The van der Waals surface area contributed by atoms with Crippen molar-refractivity contribution in [1.82, 2.24) is 10.2 Å². The molecule has 1 amide bonds. The van der Waals surface area contributed by atoms with Crippen molar-refractivity contribution in [3.63, 3.8) is 0 Å². The highest BCUT2D eigenvalue weighted by molar-refractivity contribution is 5.94. The standard InChI is InChI=1S/C12H12F4N2O/c13-10-7-8(12(14,15)16)1-2-9(10)11(19)18-5-3-17-4-6-18/h1-2,7,17H,3-6H2. The fourth-order valence-electron chi connectivity index (χ4n) is 1.90. The molecule has 0 unspecified atom stereocenters. The molecule has 19 heavy (non-hydrogen) atoms. The number of nitrogens with zero attached hydrogens (tertiary/aromatic N) is 1. The van der Waals surface area contributed by atoms with Crippen molar-refractivity contribution >= 4 is 5.91 Å². The molecule has 1 aliphatic heterocycles. The topological polar surface area (TPSA) is 32.3 Å². The number of amides is 1. The van der Waals surface area contributed by atoms with E-state index < -0.39 is 23.5 Å². The predicted octanol–water partition coefficient (Wildman–Crippen LogP) is 1.89. The smallest absolute Gasteiger partial charge is 0.336 e. The van der Waals surface area contributed by atoms with Crippen LogP contribution >= 0.6 is 0 Å². The van der Waals surface area contributed by atoms with Gasteiger partial charge in [-0.25, -0.2) is 4.39 Å². The second-order valence-electron chi connectivity index (χ2n) is 4.23. The Balaban J connectivity index is 2.23. The lowest BCUT2D eigenvalue weighted by Crippen LogP contribution is -2.46. The van der Waals surface area contributed by atoms with Crippen LogP contribution in [-0.4, -0.2) is 37.0 Å². The lowest BCUT2D eigenvalue weighted by molar-refractivity contribution is -0.137. The first-order valence-electron chi connectivity index (χ1n) is 5.76. The first-order chi connectivity index (χ1) is 8.89. The maximum atomic E-state index is 13.6. The van der Waals surface area contributed by atoms with E-state index >= 15 is 0 Å². The van der Waals surface area contributed by atoms with Gasteiger partial charge < -0.3 is 10.2 Å². The Morgan fingerprint density at radius 3 is 2.37 bits per heavy atom. The highest BCUT2D eigenvalue weighted by Gasteiger charge is 2.32. The average molecular weight is 276 g/mol. The van der Waals surface area contributed by atoms with E-state index in [0.717, 1.165) is 12.1 Å². The number of rotatable bonds is 1. The summed E-state index contributed by atoms with van der Waals surface area (Å²) >= 11 is 0. The van der Waals surface area contributed by atoms with Gasteiger partial charge >= 0.3 is 6.18 Å². The van der Waals surface area contributed by atoms with Crippen LogP contribution < -0.4 is 5.32 Å². The molecule has 1 fully saturated rings. The molecular weight excluding hydrogens is 264 g/mol. The maximum Gasteiger partial charge on any atom is 0.416 e. The van der Waals surface area contributed by atoms with Crippen LogP contribution in [0.2, 0.25) is 0 Å². The van der Waals surface area contributed by atoms with Crippen LogP contribution in [0.3, 0.4) is 0 Å². The minimum atomic E-state index is -4.61. The number of alkyl halides is 3. The van der Waals surface area contributed by atoms with Gasteiger partial charge in [0.25, 0.3) is 5.91 Å². The third-order valence-corrected chi connectivity index (χ3v) is 2.93. The molecule has 1 N–H and O–H groups in total. The summed E-state index contributed by atoms with van der Waals surface area (Å²) in [6, 6.07) is 1.97. The molecule has 104 valence electrons. The van der Waals surface area contributed by atoms with Crippen molar-refractivity contribution in [2.75, 3.05) is 26.2 Å². The van der Waals surface area contributed by atoms with Crippen molar-refractivity contribution in [1.29, 1.82) is 0 Å². The molecule has 1 aliphatic rings. The monoisotopic (exact) mass is 276 g/mol. The third kappa shape index (κ3) is 3.04. The molecule has 0 aromatic heterocycles. The van der Waals surface area contributed by atoms with Crippen LogP contribution in [0.4, 0.5) is 17.6 Å². The molecule has 0 bridgehead atoms. The van der Waals surface area contributed by atoms with Crippen molar-refractivity contribution in [3.8, 4) is 0 Å². The summed E-state index contributed by atoms with van der Waals surface area (Å²) < 4.78 is 50.8. The number of hydrogen-bond acceptors (Lipinski definition) is 2. The van der Waals surface area contributed by atoms with Gasteiger partial charge in [0.1, 0.15) is 5.82 Å². The average Bonchev–Trinajstić information content (AvgIpc) is 2.38. The zero-order valence-electron chi connectivity index (χ0n) is 9.93. The van der Waals surface area contributed by atoms with Gasteiger partial charge in [0, 0.05) is 26.2 Å². The minimum Gasteiger partial charge on any atom is -0.336 e. The molecule has 0 atom stereocenters. The lowest BCUT2D eigenvalue weighted by Gasteiger charge is -2.27. The Bertz CT molecular complexity index is 481. The molecule has 2 rings (SSSR count). The molecule has 1 aromatic rings. The summed E-state index contributed by atoms with van der Waals surface area (Å²) in [5.41, 5.74) is -1.42. The van der Waals surface area contributed by atoms with Gasteiger partial charge in [0.2, 0.25) is 0 Å². The fourth-order valence-corrected chi connectivity index (χ4v) is 1.90. The van der Waals surface area contributed by atoms with Crippen molar-refractivity contribution in [2.24, 2.45) is 0 Å². The summed E-state index contributed by atoms with van der Waals surface area (Å²) in [4.78, 5) is 13.4. The van der Waals surface area contributed by atoms with Crippen LogP contribution in [0.15, 0.2) is 18.2 Å². The molecule has 0 aliphatic carbocycles. The van der Waals surface area contributed by atoms with E-state index in [4.69, 9.17) is 0 Å². The van der Waals surface area contributed by atoms with Crippen molar-refractivity contribution in [3.05, 3.63) is 35.1 Å². The zero-order chi connectivity index (χ0) is 14.0. The Morgan fingerprint density at radius 1 is 1.21 bits per heavy atom. The van der Waals surface area contributed by atoms with E-state index in [0.29, 0.717) is 32.2 Å². The number of halogens is 4. The summed E-state index contributed by atoms with van der Waals surface area (Å²) in [6.45, 7) is 2.01. The van der Waals surface area contributed by atoms with E-state index in [1.807, 2.05) is 0 Å². The summed E-state index contributed by atoms with van der Waals surface area (Å²) in [5, 5.41) is 3.03. The summed E-state index contributed by atoms with van der Waals surface area (Å²) in [6.07, 6.45) is -4.61. The van der Waals surface area contributed by atoms with E-state index in [1.165, 1.54) is 4.90 Å². The van der Waals surface area contributed by atoms with Gasteiger partial charge in [-0.2, -0.15) is 13.2 Å². The van der Waals surface area contributed by atoms with Gasteiger partial charge in [0.15, 0.2) is 0 Å². The van der Waals surface area contributed by atoms with E-state index in [9.17, 15) is 22.4 Å². The molecule has 7 heteroatoms. The Labute approximate surface area is 107 Å². The number of carbonyl (C=O) groups excluding carboxylic acids is 1. The van der Waals surface area contributed by atoms with Gasteiger partial charge in [0.05, 0.1) is 11.1 Å². The summed E-state index contributed by atoms with van der Waals surface area (Å²) in [5.74, 6) is -1.72. The van der Waals surface area contributed by atoms with Gasteiger partial charge in [-0.3, -0.25) is 4.79 Å². The van der Waals surface area contributed by atoms with Gasteiger partial charge in [-0.05, 0) is 18.2 Å². The van der Waals surface area contributed by atoms with Crippen LogP contribution in [0, 0.1) is 5.82 Å². The van der Waals surface area contributed by atoms with Gasteiger partial charge in [-0.15, -0.1) is 0 Å². The molecule has 0 radical (unpaired) electrons. The van der Waals surface area contributed by atoms with Gasteiger partial charge in [-0.1, -0.05) is 0 Å². The Morgan fingerprint density at radius 2 is 1.84 bits per heavy atom. The van der Waals surface area contributed by atoms with Crippen molar-refractivity contribution < 1.29 is 22.4 Å². The number of piperazine rings is 1. The summed E-state index contributed by atoms with van der Waals surface area (Å²) in [7, 11) is 0. The number of carbonyl (C=O) groups is 1. The molecule has 0 saturated carbocycles. The number of nitrogens with one attached hydrogen (secondary N) is 1. The van der Waals surface area contributed by atoms with Crippen LogP contribution in [0.5, 0.6) is 0 Å². The highest BCUT2D eigenvalue weighted by Crippen LogP contribution is 2.30. The highest BCUT2D eigenvalue weighted by atomic mass is 19.4. The first-order valence-corrected chi connectivity index (χ1v) is 5.76. The molecule has 0 spiro atoms. The van der Waals surface area contributed by atoms with Crippen molar-refractivity contribution in [2.45, 2.75) is 6.18 Å². The second-order valence-corrected chi connectivity index (χ2v) is 4.23. The van der Waals surface area contributed by atoms with E-state index in [1.54, 1.807) is 0 Å². The van der Waals surface area contributed by atoms with Crippen LogP contribution in [0.25, 0.3) is 0 Å². The predicted molar refractivity (Wildman–Crippen MR) is 60.2 cm³/mol. The molecule has 1 aromatic carbocycles. The minimum absolute atomic E-state index is 0.324. The second kappa shape index (κ2) is 5.16. The molecule has 1 saturated heterocycles. The maximum absolute atomic E-state index is 13.6. The Hall–Kier alpha value is -1.63. The van der Waals surface area contributed by atoms with E-state index in [2.05, 4.69) is 5.32 Å². The number of hydrogen-bond donors (Lipinski definition) is 1. The lowest BCUT2D eigenvalue weighted by atomic mass is 10.1. The quantitative estimate of drug-likeness (QED) is 0.794. The first kappa shape index (κ1) is 13.8. The normalized spacial score (nSPS) is 16.5. The zero-order valence-corrected chi connectivity index (χ0v) is 9.93. The molecule has 3 nitrogen and oxygen atoms in total. The largest absolute Gasteiger partial charge is 0.416 e. The number of benzene rings is 1. The van der Waals surface area contributed by atoms with E-state index in [-0.39, 0.29) is 5.56 Å². The molecular formula is C12H12F4N2O. The molecule has 1 heterocycles. The van der Waals surface area contributed by atoms with Crippen LogP contribution in [-0.2, 0) is 6.18 Å². The third-order valence-electron chi connectivity index (χ3n) is 2.93.